The lowest BCUT2D eigenvalue weighted by Crippen LogP contribution is -2.15. The first kappa shape index (κ1) is 29.0. The van der Waals surface area contributed by atoms with Gasteiger partial charge in [0.25, 0.3) is 0 Å². The number of benzene rings is 9. The van der Waals surface area contributed by atoms with Crippen LogP contribution in [0.25, 0.3) is 104 Å². The fourth-order valence-corrected chi connectivity index (χ4v) is 9.82. The minimum absolute atomic E-state index is 0.216. The summed E-state index contributed by atoms with van der Waals surface area (Å²) in [5.74, 6) is 0. The molecule has 11 aromatic rings. The first-order valence-electron chi connectivity index (χ1n) is 18.5. The Labute approximate surface area is 306 Å². The lowest BCUT2D eigenvalue weighted by Gasteiger charge is -2.22. The Balaban J connectivity index is 1.09. The molecule has 248 valence electrons. The average Bonchev–Trinajstić information content (AvgIpc) is 3.83. The van der Waals surface area contributed by atoms with E-state index in [0.29, 0.717) is 0 Å². The van der Waals surface area contributed by atoms with Gasteiger partial charge in [-0.05, 0) is 96.5 Å². The van der Waals surface area contributed by atoms with Crippen molar-refractivity contribution in [1.82, 2.24) is 4.57 Å². The molecule has 2 heterocycles. The van der Waals surface area contributed by atoms with E-state index in [0.717, 1.165) is 16.9 Å². The lowest BCUT2D eigenvalue weighted by atomic mass is 9.80. The van der Waals surface area contributed by atoms with Gasteiger partial charge in [0.15, 0.2) is 0 Å². The summed E-state index contributed by atoms with van der Waals surface area (Å²) in [5, 5.41) is 12.7. The Morgan fingerprint density at radius 2 is 1.08 bits per heavy atom. The molecule has 0 unspecified atom stereocenters. The standard InChI is InChI=1S/C51H33NO/c1-51(2)43-26-24-39-38-18-8-10-21-46(38)53-50(39)47(43)41-25-27-45-48(49(41)51)40-19-7-9-20-44(40)52(45)32-13-11-12-30(28-32)31-22-23-37-35-16-4-3-14-33(35)34-15-5-6-17-36(34)42(37)29-31/h3-29H,1-2H3. The van der Waals surface area contributed by atoms with Crippen molar-refractivity contribution in [3.05, 3.63) is 175 Å². The number of nitrogens with zero attached hydrogens (tertiary/aromatic N) is 1. The zero-order valence-corrected chi connectivity index (χ0v) is 29.4. The number of para-hydroxylation sites is 2. The molecule has 0 aliphatic heterocycles. The molecule has 9 aromatic carbocycles. The Morgan fingerprint density at radius 1 is 0.453 bits per heavy atom. The summed E-state index contributed by atoms with van der Waals surface area (Å²) in [4.78, 5) is 0. The number of aromatic nitrogens is 1. The Morgan fingerprint density at radius 3 is 1.85 bits per heavy atom. The summed E-state index contributed by atoms with van der Waals surface area (Å²) in [6.07, 6.45) is 0. The normalized spacial score (nSPS) is 13.6. The highest BCUT2D eigenvalue weighted by Gasteiger charge is 2.40. The summed E-state index contributed by atoms with van der Waals surface area (Å²) < 4.78 is 9.11. The number of hydrogen-bond acceptors (Lipinski definition) is 1. The molecular weight excluding hydrogens is 643 g/mol. The van der Waals surface area contributed by atoms with Crippen LogP contribution < -0.4 is 0 Å². The Hall–Kier alpha value is -6.64. The third-order valence-corrected chi connectivity index (χ3v) is 12.1. The molecule has 12 rings (SSSR count). The second kappa shape index (κ2) is 10.2. The molecule has 2 nitrogen and oxygen atoms in total. The van der Waals surface area contributed by atoms with Gasteiger partial charge in [0.2, 0.25) is 0 Å². The maximum Gasteiger partial charge on any atom is 0.143 e. The minimum atomic E-state index is -0.216. The van der Waals surface area contributed by atoms with Gasteiger partial charge in [-0.2, -0.15) is 0 Å². The monoisotopic (exact) mass is 675 g/mol. The van der Waals surface area contributed by atoms with E-state index in [1.54, 1.807) is 0 Å². The van der Waals surface area contributed by atoms with E-state index in [1.807, 2.05) is 0 Å². The van der Waals surface area contributed by atoms with Gasteiger partial charge in [-0.15, -0.1) is 0 Å². The third kappa shape index (κ3) is 3.77. The molecular formula is C51H33NO. The summed E-state index contributed by atoms with van der Waals surface area (Å²) in [6.45, 7) is 4.76. The van der Waals surface area contributed by atoms with Crippen molar-refractivity contribution in [2.45, 2.75) is 19.3 Å². The van der Waals surface area contributed by atoms with E-state index in [2.05, 4.69) is 182 Å². The van der Waals surface area contributed by atoms with Crippen molar-refractivity contribution in [3.63, 3.8) is 0 Å². The van der Waals surface area contributed by atoms with Crippen molar-refractivity contribution < 1.29 is 4.42 Å². The second-order valence-electron chi connectivity index (χ2n) is 15.2. The molecule has 0 spiro atoms. The summed E-state index contributed by atoms with van der Waals surface area (Å²) >= 11 is 0. The Kier molecular flexibility index (Phi) is 5.60. The average molecular weight is 676 g/mol. The SMILES string of the molecule is CC1(C)c2ccc3c(oc4ccccc43)c2-c2ccc3c(c21)c1ccccc1n3-c1cccc(-c2ccc3c4ccccc4c4ccccc4c3c2)c1. The molecule has 0 saturated heterocycles. The molecule has 1 aliphatic rings. The minimum Gasteiger partial charge on any atom is -0.455 e. The number of furan rings is 1. The topological polar surface area (TPSA) is 18.1 Å². The van der Waals surface area contributed by atoms with Gasteiger partial charge < -0.3 is 8.98 Å². The summed E-state index contributed by atoms with van der Waals surface area (Å²) in [6, 6.07) is 60.3. The van der Waals surface area contributed by atoms with Crippen molar-refractivity contribution in [2.75, 3.05) is 0 Å². The van der Waals surface area contributed by atoms with E-state index in [9.17, 15) is 0 Å². The van der Waals surface area contributed by atoms with Gasteiger partial charge >= 0.3 is 0 Å². The van der Waals surface area contributed by atoms with Crippen LogP contribution in [0.1, 0.15) is 25.0 Å². The van der Waals surface area contributed by atoms with Crippen LogP contribution in [-0.4, -0.2) is 4.57 Å². The van der Waals surface area contributed by atoms with E-state index in [4.69, 9.17) is 4.42 Å². The maximum absolute atomic E-state index is 6.64. The fourth-order valence-electron chi connectivity index (χ4n) is 9.82. The molecule has 2 aromatic heterocycles. The molecule has 1 aliphatic carbocycles. The first-order valence-corrected chi connectivity index (χ1v) is 18.5. The second-order valence-corrected chi connectivity index (χ2v) is 15.2. The number of hydrogen-bond donors (Lipinski definition) is 0. The van der Waals surface area contributed by atoms with Gasteiger partial charge in [-0.1, -0.05) is 141 Å². The van der Waals surface area contributed by atoms with E-state index in [1.165, 1.54) is 98.3 Å². The zero-order valence-electron chi connectivity index (χ0n) is 29.4. The van der Waals surface area contributed by atoms with Crippen molar-refractivity contribution in [3.8, 4) is 27.9 Å². The van der Waals surface area contributed by atoms with Crippen LogP contribution in [0.2, 0.25) is 0 Å². The molecule has 0 bridgehead atoms. The van der Waals surface area contributed by atoms with Gasteiger partial charge in [0.1, 0.15) is 11.2 Å². The highest BCUT2D eigenvalue weighted by atomic mass is 16.3. The molecule has 0 atom stereocenters. The van der Waals surface area contributed by atoms with Gasteiger partial charge in [-0.3, -0.25) is 0 Å². The van der Waals surface area contributed by atoms with Crippen LogP contribution in [0.5, 0.6) is 0 Å². The first-order chi connectivity index (χ1) is 26.1. The van der Waals surface area contributed by atoms with Crippen LogP contribution in [-0.2, 0) is 5.41 Å². The van der Waals surface area contributed by atoms with E-state index >= 15 is 0 Å². The van der Waals surface area contributed by atoms with Crippen molar-refractivity contribution in [1.29, 1.82) is 0 Å². The maximum atomic E-state index is 6.64. The van der Waals surface area contributed by atoms with Gasteiger partial charge in [0, 0.05) is 38.2 Å². The lowest BCUT2D eigenvalue weighted by molar-refractivity contribution is 0.657. The molecule has 0 N–H and O–H groups in total. The molecule has 0 amide bonds. The molecule has 53 heavy (non-hydrogen) atoms. The van der Waals surface area contributed by atoms with Gasteiger partial charge in [0.05, 0.1) is 11.0 Å². The van der Waals surface area contributed by atoms with E-state index < -0.39 is 0 Å². The molecule has 0 fully saturated rings. The van der Waals surface area contributed by atoms with Crippen LogP contribution in [0.4, 0.5) is 0 Å². The van der Waals surface area contributed by atoms with Crippen molar-refractivity contribution in [2.24, 2.45) is 0 Å². The smallest absolute Gasteiger partial charge is 0.143 e. The molecule has 0 radical (unpaired) electrons. The molecule has 0 saturated carbocycles. The van der Waals surface area contributed by atoms with Crippen LogP contribution in [0.3, 0.4) is 0 Å². The van der Waals surface area contributed by atoms with Gasteiger partial charge in [-0.25, -0.2) is 0 Å². The highest BCUT2D eigenvalue weighted by molar-refractivity contribution is 6.26. The third-order valence-electron chi connectivity index (χ3n) is 12.1. The predicted molar refractivity (Wildman–Crippen MR) is 224 cm³/mol. The van der Waals surface area contributed by atoms with Crippen LogP contribution in [0.15, 0.2) is 168 Å². The largest absolute Gasteiger partial charge is 0.455 e. The van der Waals surface area contributed by atoms with Crippen LogP contribution >= 0.6 is 0 Å². The Bertz CT molecular complexity index is 3340. The highest BCUT2D eigenvalue weighted by Crippen LogP contribution is 2.56. The fraction of sp³-hybridized carbons (Fsp3) is 0.0588. The van der Waals surface area contributed by atoms with Crippen molar-refractivity contribution >= 4 is 76.1 Å². The molecule has 2 heteroatoms. The zero-order chi connectivity index (χ0) is 35.0. The number of fused-ring (bicyclic) bond motifs is 17. The van der Waals surface area contributed by atoms with Crippen LogP contribution in [0, 0.1) is 0 Å². The number of rotatable bonds is 2. The quantitative estimate of drug-likeness (QED) is 0.167. The summed E-state index contributed by atoms with van der Waals surface area (Å²) in [7, 11) is 0. The summed E-state index contributed by atoms with van der Waals surface area (Å²) in [5.41, 5.74) is 12.9. The predicted octanol–water partition coefficient (Wildman–Crippen LogP) is 14.1. The van der Waals surface area contributed by atoms with E-state index in [-0.39, 0.29) is 5.41 Å².